The molecule has 1 aliphatic carbocycles. The van der Waals surface area contributed by atoms with Gasteiger partial charge in [-0.25, -0.2) is 9.78 Å². The molecule has 2 fully saturated rings. The van der Waals surface area contributed by atoms with Crippen LogP contribution in [0.4, 0.5) is 9.93 Å². The Balaban J connectivity index is 1.57. The zero-order valence-electron chi connectivity index (χ0n) is 13.9. The number of ether oxygens (including phenoxy) is 2. The lowest BCUT2D eigenvalue weighted by Gasteiger charge is -2.34. The molecule has 9 heteroatoms. The first-order chi connectivity index (χ1) is 12.6. The molecule has 1 amide bonds. The molecule has 1 saturated heterocycles. The highest BCUT2D eigenvalue weighted by Gasteiger charge is 2.42. The largest absolute Gasteiger partial charge is 0.465 e. The molecule has 0 unspecified atom stereocenters. The first-order valence-corrected chi connectivity index (χ1v) is 9.25. The number of hydrogen-bond acceptors (Lipinski definition) is 7. The van der Waals surface area contributed by atoms with Gasteiger partial charge in [-0.05, 0) is 25.0 Å². The van der Waals surface area contributed by atoms with Crippen molar-refractivity contribution >= 4 is 28.3 Å². The topological polar surface area (TPSA) is 111 Å². The summed E-state index contributed by atoms with van der Waals surface area (Å²) in [6.45, 7) is 1.20. The number of furan rings is 1. The van der Waals surface area contributed by atoms with Gasteiger partial charge in [-0.15, -0.1) is 0 Å². The Kier molecular flexibility index (Phi) is 4.51. The Labute approximate surface area is 153 Å². The van der Waals surface area contributed by atoms with E-state index in [0.29, 0.717) is 55.2 Å². The molecule has 138 valence electrons. The van der Waals surface area contributed by atoms with Crippen molar-refractivity contribution < 1.29 is 28.6 Å². The van der Waals surface area contributed by atoms with Crippen molar-refractivity contribution in [2.24, 2.45) is 5.92 Å². The van der Waals surface area contributed by atoms with Crippen molar-refractivity contribution in [3.63, 3.8) is 0 Å². The van der Waals surface area contributed by atoms with Crippen LogP contribution in [0.25, 0.3) is 11.5 Å². The predicted octanol–water partition coefficient (Wildman–Crippen LogP) is 3.61. The molecule has 0 aromatic carbocycles. The Morgan fingerprint density at radius 2 is 2.00 bits per heavy atom. The first kappa shape index (κ1) is 17.2. The van der Waals surface area contributed by atoms with Gasteiger partial charge in [-0.2, -0.15) is 0 Å². The zero-order chi connectivity index (χ0) is 18.1. The van der Waals surface area contributed by atoms with E-state index in [2.05, 4.69) is 10.3 Å². The van der Waals surface area contributed by atoms with E-state index in [0.717, 1.165) is 11.3 Å². The highest BCUT2D eigenvalue weighted by atomic mass is 32.1. The number of carbonyl (C=O) groups is 2. The number of hydrogen-bond donors (Lipinski definition) is 2. The summed E-state index contributed by atoms with van der Waals surface area (Å²) in [5, 5.41) is 11.3. The molecule has 2 N–H and O–H groups in total. The van der Waals surface area contributed by atoms with E-state index in [1.54, 1.807) is 12.1 Å². The third-order valence-corrected chi connectivity index (χ3v) is 5.74. The lowest BCUT2D eigenvalue weighted by atomic mass is 9.82. The fourth-order valence-corrected chi connectivity index (χ4v) is 4.48. The number of anilines is 1. The Morgan fingerprint density at radius 3 is 2.62 bits per heavy atom. The monoisotopic (exact) mass is 378 g/mol. The third kappa shape index (κ3) is 3.25. The van der Waals surface area contributed by atoms with Gasteiger partial charge < -0.3 is 19.0 Å². The molecule has 4 rings (SSSR count). The van der Waals surface area contributed by atoms with Crippen LogP contribution in [0.5, 0.6) is 0 Å². The van der Waals surface area contributed by atoms with Crippen LogP contribution < -0.4 is 5.32 Å². The third-order valence-electron chi connectivity index (χ3n) is 4.75. The fraction of sp³-hybridized carbons (Fsp3) is 0.471. The summed E-state index contributed by atoms with van der Waals surface area (Å²) in [5.41, 5.74) is 0.377. The van der Waals surface area contributed by atoms with Crippen LogP contribution in [0.15, 0.2) is 22.8 Å². The van der Waals surface area contributed by atoms with Gasteiger partial charge in [0.25, 0.3) is 0 Å². The molecule has 1 saturated carbocycles. The molecule has 0 bridgehead atoms. The number of aromatic nitrogens is 1. The molecule has 2 aromatic heterocycles. The second-order valence-corrected chi connectivity index (χ2v) is 7.35. The quantitative estimate of drug-likeness (QED) is 0.782. The SMILES string of the molecule is O=C(O)Nc1nc(-c2ccco2)c(C(=O)C2CCC3(CC2)OCCO3)s1. The number of ketones is 1. The van der Waals surface area contributed by atoms with Crippen molar-refractivity contribution in [2.75, 3.05) is 18.5 Å². The summed E-state index contributed by atoms with van der Waals surface area (Å²) < 4.78 is 16.8. The number of nitrogens with one attached hydrogen (secondary N) is 1. The van der Waals surface area contributed by atoms with Crippen LogP contribution in [-0.4, -0.2) is 41.0 Å². The summed E-state index contributed by atoms with van der Waals surface area (Å²) in [7, 11) is 0. The second-order valence-electron chi connectivity index (χ2n) is 6.35. The van der Waals surface area contributed by atoms with Crippen molar-refractivity contribution in [2.45, 2.75) is 31.5 Å². The van der Waals surface area contributed by atoms with Gasteiger partial charge in [0.2, 0.25) is 0 Å². The van der Waals surface area contributed by atoms with Crippen LogP contribution in [0.3, 0.4) is 0 Å². The summed E-state index contributed by atoms with van der Waals surface area (Å²) in [4.78, 5) is 28.7. The predicted molar refractivity (Wildman–Crippen MR) is 92.4 cm³/mol. The molecule has 8 nitrogen and oxygen atoms in total. The maximum absolute atomic E-state index is 13.1. The van der Waals surface area contributed by atoms with Crippen LogP contribution in [0.2, 0.25) is 0 Å². The highest BCUT2D eigenvalue weighted by Crippen LogP contribution is 2.41. The van der Waals surface area contributed by atoms with Crippen molar-refractivity contribution in [1.82, 2.24) is 4.98 Å². The first-order valence-electron chi connectivity index (χ1n) is 8.43. The van der Waals surface area contributed by atoms with E-state index in [4.69, 9.17) is 19.0 Å². The average molecular weight is 378 g/mol. The molecular weight excluding hydrogens is 360 g/mol. The Bertz CT molecular complexity index is 799. The Hall–Kier alpha value is -2.23. The van der Waals surface area contributed by atoms with Crippen LogP contribution in [0.1, 0.15) is 35.4 Å². The number of carboxylic acid groups (broad SMARTS) is 1. The van der Waals surface area contributed by atoms with E-state index >= 15 is 0 Å². The van der Waals surface area contributed by atoms with Crippen molar-refractivity contribution in [1.29, 1.82) is 0 Å². The van der Waals surface area contributed by atoms with Crippen molar-refractivity contribution in [3.8, 4) is 11.5 Å². The van der Waals surface area contributed by atoms with E-state index < -0.39 is 11.9 Å². The van der Waals surface area contributed by atoms with E-state index in [9.17, 15) is 9.59 Å². The highest BCUT2D eigenvalue weighted by molar-refractivity contribution is 7.18. The second kappa shape index (κ2) is 6.82. The molecule has 2 aromatic rings. The van der Waals surface area contributed by atoms with Gasteiger partial charge in [0, 0.05) is 18.8 Å². The van der Waals surface area contributed by atoms with Crippen LogP contribution >= 0.6 is 11.3 Å². The number of nitrogens with zero attached hydrogens (tertiary/aromatic N) is 1. The molecule has 0 atom stereocenters. The maximum Gasteiger partial charge on any atom is 0.410 e. The molecule has 26 heavy (non-hydrogen) atoms. The minimum Gasteiger partial charge on any atom is -0.465 e. The van der Waals surface area contributed by atoms with E-state index in [1.807, 2.05) is 0 Å². The normalized spacial score (nSPS) is 19.7. The summed E-state index contributed by atoms with van der Waals surface area (Å²) in [6.07, 6.45) is 2.95. The van der Waals surface area contributed by atoms with Gasteiger partial charge in [0.05, 0.1) is 19.5 Å². The molecule has 0 radical (unpaired) electrons. The van der Waals surface area contributed by atoms with Crippen LogP contribution in [0, 0.1) is 5.92 Å². The number of carbonyl (C=O) groups excluding carboxylic acids is 1. The molecule has 1 spiro atoms. The summed E-state index contributed by atoms with van der Waals surface area (Å²) >= 11 is 1.04. The number of Topliss-reactive ketones (excluding diaryl/α,β-unsaturated/α-hetero) is 1. The minimum absolute atomic E-state index is 0.0415. The molecule has 3 heterocycles. The number of thiazole rings is 1. The van der Waals surface area contributed by atoms with E-state index in [-0.39, 0.29) is 16.8 Å². The smallest absolute Gasteiger partial charge is 0.410 e. The van der Waals surface area contributed by atoms with Gasteiger partial charge in [-0.1, -0.05) is 11.3 Å². The van der Waals surface area contributed by atoms with Gasteiger partial charge in [0.1, 0.15) is 10.6 Å². The lowest BCUT2D eigenvalue weighted by Crippen LogP contribution is -2.37. The standard InChI is InChI=1S/C17H18N2O6S/c20-13(10-3-5-17(6-4-10)24-8-9-25-17)14-12(11-2-1-7-23-11)18-15(26-14)19-16(21)22/h1-2,7,10H,3-6,8-9H2,(H,18,19)(H,21,22). The van der Waals surface area contributed by atoms with Crippen molar-refractivity contribution in [3.05, 3.63) is 23.3 Å². The molecule has 1 aliphatic heterocycles. The summed E-state index contributed by atoms with van der Waals surface area (Å²) in [5.74, 6) is -0.289. The molecular formula is C17H18N2O6S. The van der Waals surface area contributed by atoms with E-state index in [1.165, 1.54) is 6.26 Å². The van der Waals surface area contributed by atoms with Crippen LogP contribution in [-0.2, 0) is 9.47 Å². The fourth-order valence-electron chi connectivity index (χ4n) is 3.50. The number of amides is 1. The maximum atomic E-state index is 13.1. The zero-order valence-corrected chi connectivity index (χ0v) is 14.7. The van der Waals surface area contributed by atoms with Gasteiger partial charge in [-0.3, -0.25) is 10.1 Å². The Morgan fingerprint density at radius 1 is 1.27 bits per heavy atom. The number of rotatable bonds is 4. The summed E-state index contributed by atoms with van der Waals surface area (Å²) in [6, 6.07) is 3.40. The average Bonchev–Trinajstić information content (AvgIpc) is 3.35. The minimum atomic E-state index is -1.22. The molecule has 2 aliphatic rings. The lowest BCUT2D eigenvalue weighted by molar-refractivity contribution is -0.180. The van der Waals surface area contributed by atoms with Gasteiger partial charge >= 0.3 is 6.09 Å². The van der Waals surface area contributed by atoms with Gasteiger partial charge in [0.15, 0.2) is 22.5 Å².